The van der Waals surface area contributed by atoms with Crippen molar-refractivity contribution in [3.05, 3.63) is 23.3 Å². The third kappa shape index (κ3) is 2.12. The number of carboxylic acids is 1. The van der Waals surface area contributed by atoms with Crippen LogP contribution in [0.5, 0.6) is 11.5 Å². The largest absolute Gasteiger partial charge is 0.504 e. The maximum absolute atomic E-state index is 10.6. The Labute approximate surface area is 90.7 Å². The van der Waals surface area contributed by atoms with Gasteiger partial charge in [0.1, 0.15) is 6.29 Å². The highest BCUT2D eigenvalue weighted by atomic mass is 16.5. The third-order valence-electron chi connectivity index (χ3n) is 2.01. The van der Waals surface area contributed by atoms with E-state index in [-0.39, 0.29) is 16.9 Å². The average Bonchev–Trinajstić information content (AvgIpc) is 2.28. The molecule has 86 valence electrons. The summed E-state index contributed by atoms with van der Waals surface area (Å²) in [5.74, 6) is -2.09. The van der Waals surface area contributed by atoms with Crippen molar-refractivity contribution in [2.45, 2.75) is 6.10 Å². The summed E-state index contributed by atoms with van der Waals surface area (Å²) < 4.78 is 4.75. The van der Waals surface area contributed by atoms with Gasteiger partial charge in [-0.1, -0.05) is 0 Å². The Kier molecular flexibility index (Phi) is 3.47. The predicted octanol–water partition coefficient (Wildman–Crippen LogP) is 0.331. The number of ether oxygens (including phenoxy) is 1. The van der Waals surface area contributed by atoms with Gasteiger partial charge >= 0.3 is 5.97 Å². The molecule has 6 heteroatoms. The zero-order valence-electron chi connectivity index (χ0n) is 8.38. The molecule has 0 aliphatic heterocycles. The van der Waals surface area contributed by atoms with Crippen molar-refractivity contribution < 1.29 is 29.6 Å². The van der Waals surface area contributed by atoms with Crippen molar-refractivity contribution in [2.75, 3.05) is 7.11 Å². The summed E-state index contributed by atoms with van der Waals surface area (Å²) in [7, 11) is 1.25. The van der Waals surface area contributed by atoms with E-state index in [2.05, 4.69) is 0 Å². The molecule has 0 amide bonds. The van der Waals surface area contributed by atoms with Gasteiger partial charge in [-0.2, -0.15) is 0 Å². The molecule has 3 N–H and O–H groups in total. The lowest BCUT2D eigenvalue weighted by atomic mass is 10.0. The molecular weight excluding hydrogens is 216 g/mol. The number of hydrogen-bond acceptors (Lipinski definition) is 5. The summed E-state index contributed by atoms with van der Waals surface area (Å²) in [5, 5.41) is 27.4. The lowest BCUT2D eigenvalue weighted by Gasteiger charge is -2.12. The molecule has 0 saturated heterocycles. The number of carbonyl (C=O) groups excluding carboxylic acids is 1. The van der Waals surface area contributed by atoms with Crippen LogP contribution in [0, 0.1) is 0 Å². The fourth-order valence-corrected chi connectivity index (χ4v) is 1.22. The molecule has 1 unspecified atom stereocenters. The van der Waals surface area contributed by atoms with Gasteiger partial charge in [0.25, 0.3) is 0 Å². The number of aromatic hydroxyl groups is 1. The van der Waals surface area contributed by atoms with Crippen LogP contribution in [0.2, 0.25) is 0 Å². The van der Waals surface area contributed by atoms with Crippen LogP contribution < -0.4 is 4.74 Å². The van der Waals surface area contributed by atoms with Crippen LogP contribution in [-0.2, 0) is 4.79 Å². The quantitative estimate of drug-likeness (QED) is 0.639. The molecule has 16 heavy (non-hydrogen) atoms. The molecule has 1 rings (SSSR count). The van der Waals surface area contributed by atoms with Gasteiger partial charge in [-0.15, -0.1) is 0 Å². The van der Waals surface area contributed by atoms with E-state index in [1.165, 1.54) is 13.2 Å². The molecule has 1 aromatic carbocycles. The van der Waals surface area contributed by atoms with Gasteiger partial charge in [-0.3, -0.25) is 4.79 Å². The Bertz CT molecular complexity index is 426. The van der Waals surface area contributed by atoms with Gasteiger partial charge < -0.3 is 20.1 Å². The molecular formula is C10H10O6. The first-order valence-electron chi connectivity index (χ1n) is 4.28. The number of carboxylic acid groups (broad SMARTS) is 1. The minimum atomic E-state index is -1.91. The average molecular weight is 226 g/mol. The normalized spacial score (nSPS) is 11.9. The number of hydrogen-bond donors (Lipinski definition) is 3. The number of benzene rings is 1. The van der Waals surface area contributed by atoms with E-state index in [1.54, 1.807) is 0 Å². The molecule has 1 aromatic rings. The zero-order chi connectivity index (χ0) is 12.3. The molecule has 1 atom stereocenters. The second kappa shape index (κ2) is 4.63. The third-order valence-corrected chi connectivity index (χ3v) is 2.01. The Hall–Kier alpha value is -2.08. The Morgan fingerprint density at radius 3 is 2.56 bits per heavy atom. The van der Waals surface area contributed by atoms with Gasteiger partial charge in [0.15, 0.2) is 17.6 Å². The second-order valence-electron chi connectivity index (χ2n) is 3.02. The molecule has 0 aliphatic rings. The minimum Gasteiger partial charge on any atom is -0.504 e. The summed E-state index contributed by atoms with van der Waals surface area (Å²) >= 11 is 0. The van der Waals surface area contributed by atoms with Crippen molar-refractivity contribution >= 4 is 12.3 Å². The number of aliphatic carboxylic acids is 1. The van der Waals surface area contributed by atoms with E-state index >= 15 is 0 Å². The molecule has 0 spiro atoms. The molecule has 0 bridgehead atoms. The van der Waals surface area contributed by atoms with Crippen LogP contribution >= 0.6 is 0 Å². The number of carbonyl (C=O) groups is 2. The van der Waals surface area contributed by atoms with Crippen LogP contribution in [0.3, 0.4) is 0 Å². The monoisotopic (exact) mass is 226 g/mol. The maximum atomic E-state index is 10.6. The standard InChI is InChI=1S/C10H10O6/c1-16-7-3-5(4-11)2-6(8(7)12)9(13)10(14)15/h2-4,9,12-13H,1H3,(H,14,15). The summed E-state index contributed by atoms with van der Waals surface area (Å²) in [6.45, 7) is 0. The van der Waals surface area contributed by atoms with Crippen molar-refractivity contribution in [3.8, 4) is 11.5 Å². The second-order valence-corrected chi connectivity index (χ2v) is 3.02. The van der Waals surface area contributed by atoms with Crippen LogP contribution in [0.15, 0.2) is 12.1 Å². The maximum Gasteiger partial charge on any atom is 0.337 e. The number of methoxy groups -OCH3 is 1. The molecule has 0 aliphatic carbocycles. The van der Waals surface area contributed by atoms with Gasteiger partial charge in [-0.25, -0.2) is 4.79 Å². The molecule has 0 aromatic heterocycles. The highest BCUT2D eigenvalue weighted by Gasteiger charge is 2.22. The smallest absolute Gasteiger partial charge is 0.337 e. The van der Waals surface area contributed by atoms with Crippen LogP contribution in [-0.4, -0.2) is 34.7 Å². The first-order valence-corrected chi connectivity index (χ1v) is 4.28. The molecule has 0 radical (unpaired) electrons. The van der Waals surface area contributed by atoms with E-state index < -0.39 is 17.8 Å². The zero-order valence-corrected chi connectivity index (χ0v) is 8.38. The van der Waals surface area contributed by atoms with Crippen LogP contribution in [0.1, 0.15) is 22.0 Å². The summed E-state index contributed by atoms with van der Waals surface area (Å²) in [6.07, 6.45) is -1.45. The summed E-state index contributed by atoms with van der Waals surface area (Å²) in [6, 6.07) is 2.32. The number of rotatable bonds is 4. The molecule has 6 nitrogen and oxygen atoms in total. The van der Waals surface area contributed by atoms with E-state index in [1.807, 2.05) is 0 Å². The van der Waals surface area contributed by atoms with Crippen molar-refractivity contribution in [3.63, 3.8) is 0 Å². The Balaban J connectivity index is 3.36. The number of aliphatic hydroxyl groups excluding tert-OH is 1. The van der Waals surface area contributed by atoms with Crippen LogP contribution in [0.4, 0.5) is 0 Å². The van der Waals surface area contributed by atoms with Gasteiger partial charge in [0.2, 0.25) is 0 Å². The first kappa shape index (κ1) is 12.0. The number of phenolic OH excluding ortho intramolecular Hbond substituents is 1. The Morgan fingerprint density at radius 2 is 2.12 bits per heavy atom. The molecule has 0 fully saturated rings. The highest BCUT2D eigenvalue weighted by molar-refractivity contribution is 5.81. The van der Waals surface area contributed by atoms with E-state index in [0.717, 1.165) is 6.07 Å². The van der Waals surface area contributed by atoms with Crippen molar-refractivity contribution in [1.29, 1.82) is 0 Å². The predicted molar refractivity (Wildman–Crippen MR) is 52.6 cm³/mol. The van der Waals surface area contributed by atoms with Gasteiger partial charge in [0, 0.05) is 11.1 Å². The fourth-order valence-electron chi connectivity index (χ4n) is 1.22. The minimum absolute atomic E-state index is 0.0695. The highest BCUT2D eigenvalue weighted by Crippen LogP contribution is 2.34. The first-order chi connectivity index (χ1) is 7.51. The topological polar surface area (TPSA) is 104 Å². The van der Waals surface area contributed by atoms with E-state index in [9.17, 15) is 19.8 Å². The number of aliphatic hydroxyl groups is 1. The van der Waals surface area contributed by atoms with Crippen molar-refractivity contribution in [2.24, 2.45) is 0 Å². The van der Waals surface area contributed by atoms with Crippen LogP contribution in [0.25, 0.3) is 0 Å². The lowest BCUT2D eigenvalue weighted by Crippen LogP contribution is -2.11. The Morgan fingerprint density at radius 1 is 1.50 bits per heavy atom. The summed E-state index contributed by atoms with van der Waals surface area (Å²) in [5.41, 5.74) is -0.182. The van der Waals surface area contributed by atoms with Gasteiger partial charge in [-0.05, 0) is 12.1 Å². The van der Waals surface area contributed by atoms with E-state index in [4.69, 9.17) is 9.84 Å². The fraction of sp³-hybridized carbons (Fsp3) is 0.200. The van der Waals surface area contributed by atoms with Crippen molar-refractivity contribution in [1.82, 2.24) is 0 Å². The lowest BCUT2D eigenvalue weighted by molar-refractivity contribution is -0.147. The SMILES string of the molecule is COc1cc(C=O)cc(C(O)C(=O)O)c1O. The number of phenols is 1. The van der Waals surface area contributed by atoms with E-state index in [0.29, 0.717) is 6.29 Å². The van der Waals surface area contributed by atoms with Gasteiger partial charge in [0.05, 0.1) is 7.11 Å². The summed E-state index contributed by atoms with van der Waals surface area (Å²) in [4.78, 5) is 21.1. The molecule has 0 saturated carbocycles. The number of aldehydes is 1. The molecule has 0 heterocycles.